The van der Waals surface area contributed by atoms with Crippen molar-refractivity contribution in [3.05, 3.63) is 58.1 Å². The molecule has 0 radical (unpaired) electrons. The summed E-state index contributed by atoms with van der Waals surface area (Å²) in [4.78, 5) is 11.9. The van der Waals surface area contributed by atoms with E-state index in [0.717, 1.165) is 22.2 Å². The second-order valence-corrected chi connectivity index (χ2v) is 8.01. The molecule has 2 aromatic carbocycles. The van der Waals surface area contributed by atoms with Crippen LogP contribution in [0.2, 0.25) is 0 Å². The van der Waals surface area contributed by atoms with Crippen LogP contribution in [0.1, 0.15) is 15.9 Å². The molecular weight excluding hydrogens is 437 g/mol. The normalized spacial score (nSPS) is 12.0. The maximum absolute atomic E-state index is 12.3. The Labute approximate surface area is 156 Å². The van der Waals surface area contributed by atoms with E-state index in [9.17, 15) is 26.4 Å². The van der Waals surface area contributed by atoms with Gasteiger partial charge in [-0.1, -0.05) is 22.0 Å². The Kier molecular flexibility index (Phi) is 6.09. The molecule has 0 aliphatic rings. The van der Waals surface area contributed by atoms with Gasteiger partial charge in [-0.2, -0.15) is 13.2 Å². The van der Waals surface area contributed by atoms with Crippen molar-refractivity contribution in [1.29, 1.82) is 0 Å². The fraction of sp³-hybridized carbons (Fsp3) is 0.188. The van der Waals surface area contributed by atoms with E-state index in [0.29, 0.717) is 5.69 Å². The fourth-order valence-electron chi connectivity index (χ4n) is 1.99. The first-order valence-corrected chi connectivity index (χ1v) is 9.49. The van der Waals surface area contributed by atoms with Gasteiger partial charge in [-0.05, 0) is 48.9 Å². The smallest absolute Gasteiger partial charge is 0.322 e. The Hall–Kier alpha value is -1.91. The third-order valence-corrected chi connectivity index (χ3v) is 5.57. The lowest BCUT2D eigenvalue weighted by atomic mass is 10.2. The number of aryl methyl sites for hydroxylation is 1. The van der Waals surface area contributed by atoms with E-state index in [1.807, 2.05) is 6.92 Å². The summed E-state index contributed by atoms with van der Waals surface area (Å²) in [7, 11) is -4.39. The molecule has 140 valence electrons. The quantitative estimate of drug-likeness (QED) is 0.726. The average Bonchev–Trinajstić information content (AvgIpc) is 2.56. The highest BCUT2D eigenvalue weighted by Crippen LogP contribution is 2.21. The minimum atomic E-state index is -4.68. The van der Waals surface area contributed by atoms with E-state index >= 15 is 0 Å². The molecule has 0 aliphatic heterocycles. The third-order valence-electron chi connectivity index (χ3n) is 3.28. The summed E-state index contributed by atoms with van der Waals surface area (Å²) in [5, 5.41) is 2.61. The molecule has 10 heteroatoms. The topological polar surface area (TPSA) is 75.3 Å². The van der Waals surface area contributed by atoms with Crippen LogP contribution in [-0.2, 0) is 10.0 Å². The molecule has 0 atom stereocenters. The van der Waals surface area contributed by atoms with Crippen molar-refractivity contribution in [2.75, 3.05) is 11.9 Å². The molecule has 0 heterocycles. The summed E-state index contributed by atoms with van der Waals surface area (Å²) in [5.74, 6) is -0.584. The SMILES string of the molecule is Cc1cc(NC(=O)c2cccc(S(=O)(=O)NCC(F)(F)F)c2)ccc1Br. The van der Waals surface area contributed by atoms with Crippen molar-refractivity contribution in [3.63, 3.8) is 0 Å². The zero-order valence-corrected chi connectivity index (χ0v) is 15.8. The first-order chi connectivity index (χ1) is 12.0. The Morgan fingerprint density at radius 2 is 1.85 bits per heavy atom. The number of alkyl halides is 3. The van der Waals surface area contributed by atoms with Gasteiger partial charge in [-0.25, -0.2) is 13.1 Å². The number of rotatable bonds is 5. The van der Waals surface area contributed by atoms with E-state index in [4.69, 9.17) is 0 Å². The summed E-state index contributed by atoms with van der Waals surface area (Å²) in [6.07, 6.45) is -4.68. The molecule has 0 fully saturated rings. The number of hydrogen-bond acceptors (Lipinski definition) is 3. The largest absolute Gasteiger partial charge is 0.402 e. The first kappa shape index (κ1) is 20.4. The molecule has 2 rings (SSSR count). The predicted molar refractivity (Wildman–Crippen MR) is 94.5 cm³/mol. The number of amides is 1. The van der Waals surface area contributed by atoms with Crippen LogP contribution in [0.15, 0.2) is 51.8 Å². The fourth-order valence-corrected chi connectivity index (χ4v) is 3.30. The molecule has 0 unspecified atom stereocenters. The predicted octanol–water partition coefficient (Wildman–Crippen LogP) is 3.85. The van der Waals surface area contributed by atoms with E-state index in [1.165, 1.54) is 16.9 Å². The van der Waals surface area contributed by atoms with Crippen molar-refractivity contribution < 1.29 is 26.4 Å². The molecule has 2 N–H and O–H groups in total. The van der Waals surface area contributed by atoms with E-state index in [2.05, 4.69) is 21.2 Å². The van der Waals surface area contributed by atoms with Crippen molar-refractivity contribution >= 4 is 37.5 Å². The maximum atomic E-state index is 12.3. The Morgan fingerprint density at radius 3 is 2.46 bits per heavy atom. The van der Waals surface area contributed by atoms with Crippen LogP contribution in [0.4, 0.5) is 18.9 Å². The average molecular weight is 451 g/mol. The van der Waals surface area contributed by atoms with Gasteiger partial charge in [0, 0.05) is 15.7 Å². The van der Waals surface area contributed by atoms with Gasteiger partial charge in [0.15, 0.2) is 0 Å². The number of carbonyl (C=O) groups is 1. The number of hydrogen-bond donors (Lipinski definition) is 2. The highest BCUT2D eigenvalue weighted by atomic mass is 79.9. The first-order valence-electron chi connectivity index (χ1n) is 7.22. The van der Waals surface area contributed by atoms with Crippen LogP contribution in [0.25, 0.3) is 0 Å². The van der Waals surface area contributed by atoms with E-state index in [1.54, 1.807) is 18.2 Å². The van der Waals surface area contributed by atoms with Crippen LogP contribution < -0.4 is 10.0 Å². The summed E-state index contributed by atoms with van der Waals surface area (Å²) in [5.41, 5.74) is 1.38. The molecule has 0 spiro atoms. The monoisotopic (exact) mass is 450 g/mol. The highest BCUT2D eigenvalue weighted by molar-refractivity contribution is 9.10. The summed E-state index contributed by atoms with van der Waals surface area (Å²) >= 11 is 3.33. The van der Waals surface area contributed by atoms with Gasteiger partial charge < -0.3 is 5.32 Å². The zero-order chi connectivity index (χ0) is 19.5. The lowest BCUT2D eigenvalue weighted by Crippen LogP contribution is -2.33. The molecule has 0 saturated heterocycles. The van der Waals surface area contributed by atoms with Crippen LogP contribution >= 0.6 is 15.9 Å². The van der Waals surface area contributed by atoms with Gasteiger partial charge in [0.2, 0.25) is 10.0 Å². The van der Waals surface area contributed by atoms with Gasteiger partial charge in [0.25, 0.3) is 5.91 Å². The molecule has 0 aliphatic carbocycles. The number of nitrogens with one attached hydrogen (secondary N) is 2. The second-order valence-electron chi connectivity index (χ2n) is 5.39. The number of benzene rings is 2. The summed E-state index contributed by atoms with van der Waals surface area (Å²) < 4.78 is 62.9. The highest BCUT2D eigenvalue weighted by Gasteiger charge is 2.30. The van der Waals surface area contributed by atoms with Gasteiger partial charge in [0.05, 0.1) is 4.90 Å². The van der Waals surface area contributed by atoms with Gasteiger partial charge in [-0.15, -0.1) is 0 Å². The Balaban J connectivity index is 2.19. The van der Waals surface area contributed by atoms with Gasteiger partial charge in [-0.3, -0.25) is 4.79 Å². The minimum absolute atomic E-state index is 0.000422. The molecule has 1 amide bonds. The van der Waals surface area contributed by atoms with E-state index < -0.39 is 33.5 Å². The second kappa shape index (κ2) is 7.77. The van der Waals surface area contributed by atoms with Crippen LogP contribution in [0.3, 0.4) is 0 Å². The maximum Gasteiger partial charge on any atom is 0.402 e. The molecule has 26 heavy (non-hydrogen) atoms. The van der Waals surface area contributed by atoms with Crippen molar-refractivity contribution in [2.24, 2.45) is 0 Å². The standard InChI is InChI=1S/C16H14BrF3N2O3S/c1-10-7-12(5-6-14(10)17)22-15(23)11-3-2-4-13(8-11)26(24,25)21-9-16(18,19)20/h2-8,21H,9H2,1H3,(H,22,23). The van der Waals surface area contributed by atoms with E-state index in [-0.39, 0.29) is 5.56 Å². The summed E-state index contributed by atoms with van der Waals surface area (Å²) in [6, 6.07) is 9.88. The molecule has 0 aromatic heterocycles. The van der Waals surface area contributed by atoms with Crippen molar-refractivity contribution in [2.45, 2.75) is 18.0 Å². The minimum Gasteiger partial charge on any atom is -0.322 e. The lowest BCUT2D eigenvalue weighted by Gasteiger charge is -2.11. The third kappa shape index (κ3) is 5.55. The lowest BCUT2D eigenvalue weighted by molar-refractivity contribution is -0.121. The van der Waals surface area contributed by atoms with Crippen LogP contribution in [-0.4, -0.2) is 27.0 Å². The Morgan fingerprint density at radius 1 is 1.15 bits per heavy atom. The zero-order valence-electron chi connectivity index (χ0n) is 13.4. The van der Waals surface area contributed by atoms with Crippen LogP contribution in [0, 0.1) is 6.92 Å². The summed E-state index contributed by atoms with van der Waals surface area (Å²) in [6.45, 7) is 0.142. The van der Waals surface area contributed by atoms with Crippen LogP contribution in [0.5, 0.6) is 0 Å². The molecule has 5 nitrogen and oxygen atoms in total. The van der Waals surface area contributed by atoms with Gasteiger partial charge in [0.1, 0.15) is 6.54 Å². The molecule has 2 aromatic rings. The number of anilines is 1. The number of carbonyl (C=O) groups excluding carboxylic acids is 1. The molecule has 0 bridgehead atoms. The molecule has 0 saturated carbocycles. The Bertz CT molecular complexity index is 931. The van der Waals surface area contributed by atoms with Gasteiger partial charge >= 0.3 is 6.18 Å². The molecular formula is C16H14BrF3N2O3S. The van der Waals surface area contributed by atoms with Crippen molar-refractivity contribution in [1.82, 2.24) is 4.72 Å². The van der Waals surface area contributed by atoms with Crippen molar-refractivity contribution in [3.8, 4) is 0 Å². The number of sulfonamides is 1. The number of halogens is 4.